The molecule has 0 radical (unpaired) electrons. The van der Waals surface area contributed by atoms with Gasteiger partial charge in [0.25, 0.3) is 11.5 Å². The molecule has 0 aromatic carbocycles. The van der Waals surface area contributed by atoms with E-state index in [-0.39, 0.29) is 29.7 Å². The van der Waals surface area contributed by atoms with Crippen molar-refractivity contribution >= 4 is 5.91 Å². The number of aliphatic hydroxyl groups excluding tert-OH is 1. The number of amides is 1. The molecule has 1 heterocycles. The maximum absolute atomic E-state index is 12.3. The molecule has 1 fully saturated rings. The minimum Gasteiger partial charge on any atom is -0.396 e. The Morgan fingerprint density at radius 1 is 1.38 bits per heavy atom. The van der Waals surface area contributed by atoms with Crippen molar-refractivity contribution in [2.75, 3.05) is 6.61 Å². The molecule has 1 unspecified atom stereocenters. The predicted molar refractivity (Wildman–Crippen MR) is 81.3 cm³/mol. The number of aryl methyl sites for hydroxylation is 1. The molecule has 5 nitrogen and oxygen atoms in total. The molecule has 0 bridgehead atoms. The largest absolute Gasteiger partial charge is 0.396 e. The number of carbonyl (C=O) groups excluding carboxylic acids is 1. The molecular formula is C16H24N2O3. The molecule has 1 atom stereocenters. The van der Waals surface area contributed by atoms with Crippen molar-refractivity contribution in [3.63, 3.8) is 0 Å². The number of aromatic nitrogens is 1. The molecule has 1 aromatic rings. The van der Waals surface area contributed by atoms with Crippen LogP contribution in [0.25, 0.3) is 0 Å². The normalized spacial score (nSPS) is 17.4. The number of H-pyrrole nitrogens is 1. The Hall–Kier alpha value is -1.62. The van der Waals surface area contributed by atoms with E-state index in [0.717, 1.165) is 18.5 Å². The summed E-state index contributed by atoms with van der Waals surface area (Å²) in [6, 6.07) is 3.22. The second-order valence-electron chi connectivity index (χ2n) is 5.87. The summed E-state index contributed by atoms with van der Waals surface area (Å²) >= 11 is 0. The third-order valence-electron chi connectivity index (χ3n) is 4.28. The molecule has 5 heteroatoms. The lowest BCUT2D eigenvalue weighted by Gasteiger charge is -2.30. The van der Waals surface area contributed by atoms with Gasteiger partial charge in [-0.25, -0.2) is 0 Å². The zero-order chi connectivity index (χ0) is 15.2. The van der Waals surface area contributed by atoms with Gasteiger partial charge in [-0.2, -0.15) is 0 Å². The van der Waals surface area contributed by atoms with Crippen molar-refractivity contribution in [2.45, 2.75) is 51.5 Å². The number of nitrogens with one attached hydrogen (secondary N) is 2. The summed E-state index contributed by atoms with van der Waals surface area (Å²) < 4.78 is 0. The number of pyridine rings is 1. The van der Waals surface area contributed by atoms with E-state index in [1.807, 2.05) is 0 Å². The van der Waals surface area contributed by atoms with Crippen LogP contribution in [0.15, 0.2) is 16.9 Å². The lowest BCUT2D eigenvalue weighted by molar-refractivity contribution is 0.0898. The van der Waals surface area contributed by atoms with Gasteiger partial charge in [0.05, 0.1) is 0 Å². The van der Waals surface area contributed by atoms with Gasteiger partial charge >= 0.3 is 0 Å². The second kappa shape index (κ2) is 7.41. The fourth-order valence-electron chi connectivity index (χ4n) is 3.10. The molecule has 1 amide bonds. The van der Waals surface area contributed by atoms with Gasteiger partial charge in [0.1, 0.15) is 5.56 Å². The molecule has 1 saturated carbocycles. The van der Waals surface area contributed by atoms with Gasteiger partial charge in [-0.1, -0.05) is 19.3 Å². The number of aromatic amines is 1. The first-order valence-electron chi connectivity index (χ1n) is 7.73. The van der Waals surface area contributed by atoms with Gasteiger partial charge in [0.15, 0.2) is 0 Å². The standard InChI is InChI=1S/C16H24N2O3/c1-11-7-8-13(15(20)17-11)16(21)18-14(9-10-19)12-5-3-2-4-6-12/h7-8,12,14,19H,2-6,9-10H2,1H3,(H,17,20)(H,18,21). The van der Waals surface area contributed by atoms with E-state index >= 15 is 0 Å². The van der Waals surface area contributed by atoms with Crippen LogP contribution in [0.4, 0.5) is 0 Å². The van der Waals surface area contributed by atoms with Crippen molar-refractivity contribution in [2.24, 2.45) is 5.92 Å². The van der Waals surface area contributed by atoms with Gasteiger partial charge in [0.2, 0.25) is 0 Å². The highest BCUT2D eigenvalue weighted by atomic mass is 16.3. The highest BCUT2D eigenvalue weighted by Gasteiger charge is 2.25. The van der Waals surface area contributed by atoms with E-state index in [2.05, 4.69) is 10.3 Å². The van der Waals surface area contributed by atoms with E-state index < -0.39 is 0 Å². The topological polar surface area (TPSA) is 82.2 Å². The van der Waals surface area contributed by atoms with Crippen LogP contribution in [-0.4, -0.2) is 28.6 Å². The van der Waals surface area contributed by atoms with E-state index in [4.69, 9.17) is 0 Å². The van der Waals surface area contributed by atoms with Crippen LogP contribution >= 0.6 is 0 Å². The monoisotopic (exact) mass is 292 g/mol. The second-order valence-corrected chi connectivity index (χ2v) is 5.87. The minimum absolute atomic E-state index is 0.0473. The molecule has 0 spiro atoms. The van der Waals surface area contributed by atoms with Gasteiger partial charge in [-0.15, -0.1) is 0 Å². The van der Waals surface area contributed by atoms with Crippen molar-refractivity contribution in [1.82, 2.24) is 10.3 Å². The third-order valence-corrected chi connectivity index (χ3v) is 4.28. The summed E-state index contributed by atoms with van der Waals surface area (Å²) in [7, 11) is 0. The summed E-state index contributed by atoms with van der Waals surface area (Å²) in [6.45, 7) is 1.82. The first kappa shape index (κ1) is 15.8. The van der Waals surface area contributed by atoms with E-state index in [0.29, 0.717) is 12.3 Å². The fraction of sp³-hybridized carbons (Fsp3) is 0.625. The molecule has 2 rings (SSSR count). The molecule has 3 N–H and O–H groups in total. The zero-order valence-corrected chi connectivity index (χ0v) is 12.5. The lowest BCUT2D eigenvalue weighted by atomic mass is 9.82. The Morgan fingerprint density at radius 2 is 2.10 bits per heavy atom. The van der Waals surface area contributed by atoms with Gasteiger partial charge < -0.3 is 15.4 Å². The Balaban J connectivity index is 2.08. The molecular weight excluding hydrogens is 268 g/mol. The first-order valence-corrected chi connectivity index (χ1v) is 7.73. The molecule has 0 aliphatic heterocycles. The molecule has 1 aliphatic rings. The van der Waals surface area contributed by atoms with Crippen LogP contribution in [0, 0.1) is 12.8 Å². The van der Waals surface area contributed by atoms with Crippen molar-refractivity contribution in [1.29, 1.82) is 0 Å². The molecule has 1 aromatic heterocycles. The van der Waals surface area contributed by atoms with E-state index in [1.54, 1.807) is 19.1 Å². The average molecular weight is 292 g/mol. The van der Waals surface area contributed by atoms with E-state index in [9.17, 15) is 14.7 Å². The van der Waals surface area contributed by atoms with Crippen LogP contribution in [-0.2, 0) is 0 Å². The maximum Gasteiger partial charge on any atom is 0.260 e. The minimum atomic E-state index is -0.362. The van der Waals surface area contributed by atoms with Crippen LogP contribution in [0.2, 0.25) is 0 Å². The molecule has 1 aliphatic carbocycles. The van der Waals surface area contributed by atoms with Crippen molar-refractivity contribution < 1.29 is 9.90 Å². The van der Waals surface area contributed by atoms with Gasteiger partial charge in [-0.05, 0) is 44.2 Å². The Bertz CT molecular complexity index is 533. The number of aliphatic hydroxyl groups is 1. The van der Waals surface area contributed by atoms with Crippen LogP contribution in [0.1, 0.15) is 54.6 Å². The highest BCUT2D eigenvalue weighted by molar-refractivity contribution is 5.94. The average Bonchev–Trinajstić information content (AvgIpc) is 2.47. The van der Waals surface area contributed by atoms with Crippen molar-refractivity contribution in [3.8, 4) is 0 Å². The summed E-state index contributed by atoms with van der Waals surface area (Å²) in [4.78, 5) is 26.8. The summed E-state index contributed by atoms with van der Waals surface area (Å²) in [5.41, 5.74) is 0.508. The quantitative estimate of drug-likeness (QED) is 0.773. The van der Waals surface area contributed by atoms with Gasteiger partial charge in [-0.3, -0.25) is 9.59 Å². The smallest absolute Gasteiger partial charge is 0.260 e. The molecule has 21 heavy (non-hydrogen) atoms. The van der Waals surface area contributed by atoms with Gasteiger partial charge in [0, 0.05) is 18.3 Å². The summed E-state index contributed by atoms with van der Waals surface area (Å²) in [5, 5.41) is 12.2. The first-order chi connectivity index (χ1) is 10.1. The number of rotatable bonds is 5. The lowest BCUT2D eigenvalue weighted by Crippen LogP contribution is -2.43. The van der Waals surface area contributed by atoms with Crippen LogP contribution in [0.5, 0.6) is 0 Å². The molecule has 0 saturated heterocycles. The third kappa shape index (κ3) is 4.17. The van der Waals surface area contributed by atoms with Crippen LogP contribution in [0.3, 0.4) is 0 Å². The Labute approximate surface area is 124 Å². The summed E-state index contributed by atoms with van der Waals surface area (Å²) in [5.74, 6) is 0.0552. The summed E-state index contributed by atoms with van der Waals surface area (Å²) in [6.07, 6.45) is 6.29. The number of hydrogen-bond acceptors (Lipinski definition) is 3. The number of hydrogen-bond donors (Lipinski definition) is 3. The van der Waals surface area contributed by atoms with Crippen molar-refractivity contribution in [3.05, 3.63) is 33.7 Å². The Kier molecular flexibility index (Phi) is 5.56. The highest BCUT2D eigenvalue weighted by Crippen LogP contribution is 2.27. The van der Waals surface area contributed by atoms with Crippen LogP contribution < -0.4 is 10.9 Å². The SMILES string of the molecule is Cc1ccc(C(=O)NC(CCO)C2CCCCC2)c(=O)[nH]1. The zero-order valence-electron chi connectivity index (χ0n) is 12.5. The van der Waals surface area contributed by atoms with E-state index in [1.165, 1.54) is 19.3 Å². The Morgan fingerprint density at radius 3 is 2.71 bits per heavy atom. The fourth-order valence-corrected chi connectivity index (χ4v) is 3.10. The molecule has 116 valence electrons. The maximum atomic E-state index is 12.3. The predicted octanol–water partition coefficient (Wildman–Crippen LogP) is 1.74. The number of carbonyl (C=O) groups is 1.